The quantitative estimate of drug-likeness (QED) is 0.616. The molecule has 2 amide bonds. The fourth-order valence-corrected chi connectivity index (χ4v) is 2.89. The van der Waals surface area contributed by atoms with Gasteiger partial charge < -0.3 is 15.4 Å². The Bertz CT molecular complexity index is 983. The number of methoxy groups -OCH3 is 1. The van der Waals surface area contributed by atoms with Crippen LogP contribution >= 0.6 is 0 Å². The largest absolute Gasteiger partial charge is 0.496 e. The number of ether oxygens (including phenoxy) is 1. The number of rotatable bonds is 8. The van der Waals surface area contributed by atoms with Crippen LogP contribution in [0.4, 0.5) is 5.82 Å². The molecule has 0 aliphatic heterocycles. The van der Waals surface area contributed by atoms with Crippen LogP contribution in [0.2, 0.25) is 0 Å². The minimum Gasteiger partial charge on any atom is -0.496 e. The molecule has 150 valence electrons. The highest BCUT2D eigenvalue weighted by molar-refractivity contribution is 5.95. The van der Waals surface area contributed by atoms with Gasteiger partial charge in [-0.3, -0.25) is 9.59 Å². The van der Waals surface area contributed by atoms with Crippen molar-refractivity contribution in [3.8, 4) is 11.4 Å². The van der Waals surface area contributed by atoms with Crippen LogP contribution in [0.5, 0.6) is 5.75 Å². The lowest BCUT2D eigenvalue weighted by Gasteiger charge is -2.08. The zero-order chi connectivity index (χ0) is 20.6. The van der Waals surface area contributed by atoms with Gasteiger partial charge in [0, 0.05) is 19.0 Å². The van der Waals surface area contributed by atoms with Crippen molar-refractivity contribution in [2.24, 2.45) is 0 Å². The van der Waals surface area contributed by atoms with E-state index in [0.29, 0.717) is 25.2 Å². The molecule has 0 radical (unpaired) electrons. The van der Waals surface area contributed by atoms with Gasteiger partial charge in [-0.1, -0.05) is 43.3 Å². The summed E-state index contributed by atoms with van der Waals surface area (Å²) in [6.45, 7) is 2.21. The minimum absolute atomic E-state index is 0.148. The molecular weight excluding hydrogens is 368 g/mol. The van der Waals surface area contributed by atoms with Gasteiger partial charge in [-0.25, -0.2) is 4.68 Å². The lowest BCUT2D eigenvalue weighted by Crippen LogP contribution is -2.26. The van der Waals surface area contributed by atoms with Crippen molar-refractivity contribution in [2.45, 2.75) is 19.8 Å². The van der Waals surface area contributed by atoms with Crippen LogP contribution < -0.4 is 15.4 Å². The molecule has 0 aliphatic carbocycles. The molecule has 7 nitrogen and oxygen atoms in total. The fourth-order valence-electron chi connectivity index (χ4n) is 2.89. The second-order valence-electron chi connectivity index (χ2n) is 6.38. The number of hydrogen-bond acceptors (Lipinski definition) is 4. The Labute approximate surface area is 169 Å². The van der Waals surface area contributed by atoms with Gasteiger partial charge in [0.15, 0.2) is 5.69 Å². The van der Waals surface area contributed by atoms with E-state index < -0.39 is 0 Å². The SMILES string of the molecule is CCC(=O)Nc1cc(C(=O)NCCc2ccccc2OC)nn1-c1ccccc1. The summed E-state index contributed by atoms with van der Waals surface area (Å²) in [5.41, 5.74) is 2.01. The number of hydrogen-bond donors (Lipinski definition) is 2. The van der Waals surface area contributed by atoms with Crippen LogP contribution in [-0.2, 0) is 11.2 Å². The molecule has 0 fully saturated rings. The Balaban J connectivity index is 1.73. The number of anilines is 1. The van der Waals surface area contributed by atoms with Crippen LogP contribution in [0, 0.1) is 0 Å². The molecule has 0 saturated carbocycles. The molecule has 1 heterocycles. The maximum absolute atomic E-state index is 12.6. The summed E-state index contributed by atoms with van der Waals surface area (Å²) in [6, 6.07) is 18.6. The zero-order valence-electron chi connectivity index (χ0n) is 16.5. The van der Waals surface area contributed by atoms with E-state index in [1.54, 1.807) is 24.8 Å². The number of benzene rings is 2. The van der Waals surface area contributed by atoms with Gasteiger partial charge in [-0.15, -0.1) is 0 Å². The number of para-hydroxylation sites is 2. The molecule has 7 heteroatoms. The van der Waals surface area contributed by atoms with Crippen LogP contribution in [0.3, 0.4) is 0 Å². The third kappa shape index (κ3) is 5.01. The van der Waals surface area contributed by atoms with Gasteiger partial charge in [0.05, 0.1) is 12.8 Å². The van der Waals surface area contributed by atoms with E-state index in [-0.39, 0.29) is 17.5 Å². The van der Waals surface area contributed by atoms with E-state index in [1.165, 1.54) is 0 Å². The number of amides is 2. The van der Waals surface area contributed by atoms with Crippen LogP contribution in [-0.4, -0.2) is 35.2 Å². The van der Waals surface area contributed by atoms with Crippen LogP contribution in [0.25, 0.3) is 5.69 Å². The van der Waals surface area contributed by atoms with Crippen molar-refractivity contribution >= 4 is 17.6 Å². The molecule has 3 aromatic rings. The molecule has 1 aromatic heterocycles. The summed E-state index contributed by atoms with van der Waals surface area (Å²) >= 11 is 0. The van der Waals surface area contributed by atoms with Crippen LogP contribution in [0.1, 0.15) is 29.4 Å². The second-order valence-corrected chi connectivity index (χ2v) is 6.38. The second kappa shape index (κ2) is 9.54. The number of nitrogens with zero attached hydrogens (tertiary/aromatic N) is 2. The molecule has 0 saturated heterocycles. The molecule has 0 spiro atoms. The molecule has 0 unspecified atom stereocenters. The third-order valence-electron chi connectivity index (χ3n) is 4.40. The Kier molecular flexibility index (Phi) is 6.63. The van der Waals surface area contributed by atoms with Crippen molar-refractivity contribution in [3.05, 3.63) is 71.9 Å². The van der Waals surface area contributed by atoms with Gasteiger partial charge in [-0.05, 0) is 30.2 Å². The summed E-state index contributed by atoms with van der Waals surface area (Å²) < 4.78 is 6.89. The first-order valence-corrected chi connectivity index (χ1v) is 9.47. The average molecular weight is 392 g/mol. The Morgan fingerprint density at radius 1 is 1.07 bits per heavy atom. The maximum atomic E-state index is 12.6. The van der Waals surface area contributed by atoms with E-state index in [9.17, 15) is 9.59 Å². The van der Waals surface area contributed by atoms with Crippen molar-refractivity contribution in [1.82, 2.24) is 15.1 Å². The molecule has 2 N–H and O–H groups in total. The van der Waals surface area contributed by atoms with Gasteiger partial charge in [-0.2, -0.15) is 5.10 Å². The van der Waals surface area contributed by atoms with Gasteiger partial charge in [0.25, 0.3) is 5.91 Å². The third-order valence-corrected chi connectivity index (χ3v) is 4.40. The Morgan fingerprint density at radius 2 is 1.79 bits per heavy atom. The zero-order valence-corrected chi connectivity index (χ0v) is 16.5. The molecule has 0 atom stereocenters. The summed E-state index contributed by atoms with van der Waals surface area (Å²) in [5, 5.41) is 10.1. The highest BCUT2D eigenvalue weighted by atomic mass is 16.5. The molecular formula is C22H24N4O3. The number of carbonyl (C=O) groups excluding carboxylic acids is 2. The lowest BCUT2D eigenvalue weighted by atomic mass is 10.1. The van der Waals surface area contributed by atoms with Gasteiger partial charge in [0.2, 0.25) is 5.91 Å². The fraction of sp³-hybridized carbons (Fsp3) is 0.227. The summed E-state index contributed by atoms with van der Waals surface area (Å²) in [7, 11) is 1.62. The molecule has 0 aliphatic rings. The smallest absolute Gasteiger partial charge is 0.271 e. The van der Waals surface area contributed by atoms with E-state index in [1.807, 2.05) is 54.6 Å². The highest BCUT2D eigenvalue weighted by Gasteiger charge is 2.16. The molecule has 0 bridgehead atoms. The molecule has 3 rings (SSSR count). The first-order valence-electron chi connectivity index (χ1n) is 9.47. The lowest BCUT2D eigenvalue weighted by molar-refractivity contribution is -0.115. The minimum atomic E-state index is -0.304. The van der Waals surface area contributed by atoms with E-state index in [4.69, 9.17) is 4.74 Å². The standard InChI is InChI=1S/C22H24N4O3/c1-3-21(27)24-20-15-18(25-26(20)17-10-5-4-6-11-17)22(28)23-14-13-16-9-7-8-12-19(16)29-2/h4-12,15H,3,13-14H2,1-2H3,(H,23,28)(H,24,27). The predicted molar refractivity (Wildman–Crippen MR) is 112 cm³/mol. The molecule has 29 heavy (non-hydrogen) atoms. The first-order chi connectivity index (χ1) is 14.1. The monoisotopic (exact) mass is 392 g/mol. The number of aromatic nitrogens is 2. The predicted octanol–water partition coefficient (Wildman–Crippen LogP) is 3.20. The Hall–Kier alpha value is -3.61. The molecule has 2 aromatic carbocycles. The van der Waals surface area contributed by atoms with Crippen molar-refractivity contribution in [1.29, 1.82) is 0 Å². The van der Waals surface area contributed by atoms with E-state index in [2.05, 4.69) is 15.7 Å². The highest BCUT2D eigenvalue weighted by Crippen LogP contribution is 2.19. The normalized spacial score (nSPS) is 10.4. The van der Waals surface area contributed by atoms with Crippen LogP contribution in [0.15, 0.2) is 60.7 Å². The topological polar surface area (TPSA) is 85.2 Å². The number of nitrogens with one attached hydrogen (secondary N) is 2. The van der Waals surface area contributed by atoms with Crippen molar-refractivity contribution < 1.29 is 14.3 Å². The summed E-state index contributed by atoms with van der Waals surface area (Å²) in [5.74, 6) is 0.796. The van der Waals surface area contributed by atoms with E-state index >= 15 is 0 Å². The van der Waals surface area contributed by atoms with Gasteiger partial charge >= 0.3 is 0 Å². The summed E-state index contributed by atoms with van der Waals surface area (Å²) in [6.07, 6.45) is 0.967. The average Bonchev–Trinajstić information content (AvgIpc) is 3.18. The van der Waals surface area contributed by atoms with Crippen molar-refractivity contribution in [3.63, 3.8) is 0 Å². The first kappa shape index (κ1) is 20.1. The number of carbonyl (C=O) groups is 2. The van der Waals surface area contributed by atoms with E-state index in [0.717, 1.165) is 17.0 Å². The summed E-state index contributed by atoms with van der Waals surface area (Å²) in [4.78, 5) is 24.5. The van der Waals surface area contributed by atoms with Gasteiger partial charge in [0.1, 0.15) is 11.6 Å². The Morgan fingerprint density at radius 3 is 2.52 bits per heavy atom. The maximum Gasteiger partial charge on any atom is 0.271 e. The van der Waals surface area contributed by atoms with Crippen molar-refractivity contribution in [2.75, 3.05) is 19.0 Å².